The normalized spacial score (nSPS) is 12.3. The summed E-state index contributed by atoms with van der Waals surface area (Å²) in [5.41, 5.74) is 1.18. The van der Waals surface area contributed by atoms with Crippen LogP contribution >= 0.6 is 0 Å². The van der Waals surface area contributed by atoms with E-state index in [1.54, 1.807) is 0 Å². The Balaban J connectivity index is 2.37. The summed E-state index contributed by atoms with van der Waals surface area (Å²) in [6, 6.07) is 9.88. The van der Waals surface area contributed by atoms with E-state index in [1.165, 1.54) is 5.56 Å². The molecule has 0 aliphatic heterocycles. The molecule has 1 atom stereocenters. The van der Waals surface area contributed by atoms with E-state index in [0.29, 0.717) is 6.42 Å². The zero-order valence-corrected chi connectivity index (χ0v) is 8.60. The zero-order chi connectivity index (χ0) is 11.1. The van der Waals surface area contributed by atoms with E-state index in [4.69, 9.17) is 10.2 Å². The molecule has 0 bridgehead atoms. The third-order valence-electron chi connectivity index (χ3n) is 2.41. The van der Waals surface area contributed by atoms with Crippen molar-refractivity contribution in [1.82, 2.24) is 0 Å². The fourth-order valence-electron chi connectivity index (χ4n) is 1.52. The van der Waals surface area contributed by atoms with Crippen molar-refractivity contribution in [3.8, 4) is 0 Å². The van der Waals surface area contributed by atoms with Gasteiger partial charge in [0.05, 0.1) is 6.42 Å². The Bertz CT molecular complexity index is 295. The zero-order valence-electron chi connectivity index (χ0n) is 8.60. The number of rotatable bonds is 6. The number of aliphatic hydroxyl groups is 1. The number of hydrogen-bond donors (Lipinski definition) is 2. The topological polar surface area (TPSA) is 57.5 Å². The van der Waals surface area contributed by atoms with Crippen molar-refractivity contribution in [2.45, 2.75) is 19.3 Å². The van der Waals surface area contributed by atoms with Crippen molar-refractivity contribution < 1.29 is 15.0 Å². The van der Waals surface area contributed by atoms with Gasteiger partial charge >= 0.3 is 5.97 Å². The molecule has 0 aliphatic carbocycles. The Morgan fingerprint density at radius 3 is 2.47 bits per heavy atom. The minimum Gasteiger partial charge on any atom is -0.481 e. The first-order valence-corrected chi connectivity index (χ1v) is 5.09. The summed E-state index contributed by atoms with van der Waals surface area (Å²) in [5, 5.41) is 17.6. The average Bonchev–Trinajstić information content (AvgIpc) is 2.25. The average molecular weight is 208 g/mol. The molecule has 0 radical (unpaired) electrons. The third kappa shape index (κ3) is 4.61. The number of benzene rings is 1. The Kier molecular flexibility index (Phi) is 4.84. The summed E-state index contributed by atoms with van der Waals surface area (Å²) in [5.74, 6) is -0.982. The molecule has 0 amide bonds. The highest BCUT2D eigenvalue weighted by molar-refractivity contribution is 5.67. The number of carbonyl (C=O) groups is 1. The van der Waals surface area contributed by atoms with Gasteiger partial charge in [-0.1, -0.05) is 30.3 Å². The summed E-state index contributed by atoms with van der Waals surface area (Å²) >= 11 is 0. The molecule has 0 saturated carbocycles. The predicted octanol–water partition coefficient (Wildman–Crippen LogP) is 1.70. The van der Waals surface area contributed by atoms with Crippen LogP contribution in [0.25, 0.3) is 0 Å². The maximum Gasteiger partial charge on any atom is 0.303 e. The van der Waals surface area contributed by atoms with Crippen molar-refractivity contribution in [2.75, 3.05) is 6.61 Å². The van der Waals surface area contributed by atoms with Crippen molar-refractivity contribution in [3.63, 3.8) is 0 Å². The smallest absolute Gasteiger partial charge is 0.303 e. The Labute approximate surface area is 89.4 Å². The highest BCUT2D eigenvalue weighted by Gasteiger charge is 2.11. The highest BCUT2D eigenvalue weighted by atomic mass is 16.4. The van der Waals surface area contributed by atoms with Crippen LogP contribution in [-0.2, 0) is 11.2 Å². The molecule has 2 N–H and O–H groups in total. The summed E-state index contributed by atoms with van der Waals surface area (Å²) < 4.78 is 0. The second-order valence-corrected chi connectivity index (χ2v) is 3.67. The number of carboxylic acid groups (broad SMARTS) is 1. The van der Waals surface area contributed by atoms with Gasteiger partial charge in [-0.25, -0.2) is 0 Å². The fourth-order valence-corrected chi connectivity index (χ4v) is 1.52. The lowest BCUT2D eigenvalue weighted by molar-refractivity contribution is -0.138. The maximum absolute atomic E-state index is 10.5. The van der Waals surface area contributed by atoms with Gasteiger partial charge in [0, 0.05) is 6.61 Å². The van der Waals surface area contributed by atoms with Gasteiger partial charge in [-0.15, -0.1) is 0 Å². The van der Waals surface area contributed by atoms with Crippen LogP contribution in [0.15, 0.2) is 30.3 Å². The predicted molar refractivity (Wildman–Crippen MR) is 57.6 cm³/mol. The quantitative estimate of drug-likeness (QED) is 0.748. The molecule has 0 heterocycles. The molecule has 82 valence electrons. The van der Waals surface area contributed by atoms with E-state index in [2.05, 4.69) is 0 Å². The molecule has 15 heavy (non-hydrogen) atoms. The molecule has 1 unspecified atom stereocenters. The van der Waals surface area contributed by atoms with Gasteiger partial charge in [-0.05, 0) is 24.3 Å². The van der Waals surface area contributed by atoms with E-state index < -0.39 is 5.97 Å². The van der Waals surface area contributed by atoms with Crippen LogP contribution < -0.4 is 0 Å². The summed E-state index contributed by atoms with van der Waals surface area (Å²) in [6.45, 7) is -0.0564. The van der Waals surface area contributed by atoms with Crippen LogP contribution in [0.1, 0.15) is 18.4 Å². The second kappa shape index (κ2) is 6.19. The van der Waals surface area contributed by atoms with E-state index in [1.807, 2.05) is 30.3 Å². The Morgan fingerprint density at radius 2 is 1.93 bits per heavy atom. The lowest BCUT2D eigenvalue weighted by Crippen LogP contribution is -2.12. The molecule has 0 spiro atoms. The lowest BCUT2D eigenvalue weighted by atomic mass is 9.97. The van der Waals surface area contributed by atoms with Gasteiger partial charge in [0.25, 0.3) is 0 Å². The molecular formula is C12H16O3. The van der Waals surface area contributed by atoms with Crippen molar-refractivity contribution in [2.24, 2.45) is 5.92 Å². The Morgan fingerprint density at radius 1 is 1.27 bits per heavy atom. The van der Waals surface area contributed by atoms with Crippen molar-refractivity contribution in [1.29, 1.82) is 0 Å². The summed E-state index contributed by atoms with van der Waals surface area (Å²) in [4.78, 5) is 10.5. The minimum atomic E-state index is -0.845. The van der Waals surface area contributed by atoms with E-state index in [-0.39, 0.29) is 18.9 Å². The summed E-state index contributed by atoms with van der Waals surface area (Å²) in [7, 11) is 0. The molecule has 3 nitrogen and oxygen atoms in total. The molecule has 1 aromatic carbocycles. The fraction of sp³-hybridized carbons (Fsp3) is 0.417. The molecular weight excluding hydrogens is 192 g/mol. The number of hydrogen-bond acceptors (Lipinski definition) is 2. The SMILES string of the molecule is O=C(O)CC(CO)CCc1ccccc1. The van der Waals surface area contributed by atoms with Gasteiger partial charge in [0.15, 0.2) is 0 Å². The van der Waals surface area contributed by atoms with E-state index in [9.17, 15) is 4.79 Å². The lowest BCUT2D eigenvalue weighted by Gasteiger charge is -2.10. The first-order valence-electron chi connectivity index (χ1n) is 5.09. The number of aliphatic hydroxyl groups excluding tert-OH is 1. The highest BCUT2D eigenvalue weighted by Crippen LogP contribution is 2.12. The molecule has 0 aromatic heterocycles. The maximum atomic E-state index is 10.5. The van der Waals surface area contributed by atoms with Crippen LogP contribution in [0.5, 0.6) is 0 Å². The minimum absolute atomic E-state index is 0.0450. The molecule has 1 aromatic rings. The van der Waals surface area contributed by atoms with Gasteiger partial charge in [-0.3, -0.25) is 4.79 Å². The van der Waals surface area contributed by atoms with Crippen LogP contribution in [0.4, 0.5) is 0 Å². The van der Waals surface area contributed by atoms with Gasteiger partial charge < -0.3 is 10.2 Å². The van der Waals surface area contributed by atoms with Crippen LogP contribution in [0, 0.1) is 5.92 Å². The molecule has 3 heteroatoms. The summed E-state index contributed by atoms with van der Waals surface area (Å²) in [6.07, 6.45) is 1.58. The van der Waals surface area contributed by atoms with Crippen LogP contribution in [0.3, 0.4) is 0 Å². The van der Waals surface area contributed by atoms with Crippen molar-refractivity contribution in [3.05, 3.63) is 35.9 Å². The first kappa shape index (κ1) is 11.7. The van der Waals surface area contributed by atoms with Crippen LogP contribution in [-0.4, -0.2) is 22.8 Å². The molecule has 0 aliphatic rings. The standard InChI is InChI=1S/C12H16O3/c13-9-11(8-12(14)15)7-6-10-4-2-1-3-5-10/h1-5,11,13H,6-9H2,(H,14,15). The van der Waals surface area contributed by atoms with Crippen molar-refractivity contribution >= 4 is 5.97 Å². The van der Waals surface area contributed by atoms with Gasteiger partial charge in [0.2, 0.25) is 0 Å². The molecule has 0 saturated heterocycles. The number of carboxylic acids is 1. The molecule has 1 rings (SSSR count). The van der Waals surface area contributed by atoms with Gasteiger partial charge in [-0.2, -0.15) is 0 Å². The molecule has 0 fully saturated rings. The number of aliphatic carboxylic acids is 1. The van der Waals surface area contributed by atoms with E-state index in [0.717, 1.165) is 6.42 Å². The van der Waals surface area contributed by atoms with Crippen LogP contribution in [0.2, 0.25) is 0 Å². The van der Waals surface area contributed by atoms with E-state index >= 15 is 0 Å². The van der Waals surface area contributed by atoms with Gasteiger partial charge in [0.1, 0.15) is 0 Å². The second-order valence-electron chi connectivity index (χ2n) is 3.67. The largest absolute Gasteiger partial charge is 0.481 e. The number of aryl methyl sites for hydroxylation is 1. The monoisotopic (exact) mass is 208 g/mol. The Hall–Kier alpha value is -1.35. The third-order valence-corrected chi connectivity index (χ3v) is 2.41. The first-order chi connectivity index (χ1) is 7.22.